The Kier molecular flexibility index (Phi) is 5.42. The van der Waals surface area contributed by atoms with Gasteiger partial charge in [0.25, 0.3) is 0 Å². The second kappa shape index (κ2) is 6.60. The molecular formula is C13H14INO2. The third-order valence-electron chi connectivity index (χ3n) is 2.44. The van der Waals surface area contributed by atoms with Crippen molar-refractivity contribution in [3.63, 3.8) is 0 Å². The van der Waals surface area contributed by atoms with Crippen molar-refractivity contribution < 1.29 is 9.53 Å². The molecular weight excluding hydrogens is 329 g/mol. The van der Waals surface area contributed by atoms with Crippen LogP contribution in [0.5, 0.6) is 0 Å². The monoisotopic (exact) mass is 343 g/mol. The predicted octanol–water partition coefficient (Wildman–Crippen LogP) is 2.83. The standard InChI is InChI=1S/C13H14INO2/c1-3-11-10(8-15)6-5-9(13(11)14)7-12(16)17-4-2/h5-6H,3-4,7H2,1-2H3. The third-order valence-corrected chi connectivity index (χ3v) is 3.78. The maximum atomic E-state index is 11.4. The maximum absolute atomic E-state index is 11.4. The lowest BCUT2D eigenvalue weighted by atomic mass is 10.0. The number of rotatable bonds is 4. The van der Waals surface area contributed by atoms with E-state index in [9.17, 15) is 4.79 Å². The first-order chi connectivity index (χ1) is 8.13. The summed E-state index contributed by atoms with van der Waals surface area (Å²) in [7, 11) is 0. The van der Waals surface area contributed by atoms with Crippen LogP contribution >= 0.6 is 22.6 Å². The van der Waals surface area contributed by atoms with E-state index in [2.05, 4.69) is 28.7 Å². The van der Waals surface area contributed by atoms with E-state index in [1.807, 2.05) is 13.0 Å². The Balaban J connectivity index is 3.03. The average Bonchev–Trinajstić information content (AvgIpc) is 2.31. The number of esters is 1. The Morgan fingerprint density at radius 1 is 1.47 bits per heavy atom. The molecule has 0 fully saturated rings. The van der Waals surface area contributed by atoms with Gasteiger partial charge in [-0.3, -0.25) is 4.79 Å². The van der Waals surface area contributed by atoms with E-state index < -0.39 is 0 Å². The van der Waals surface area contributed by atoms with Gasteiger partial charge in [-0.15, -0.1) is 0 Å². The van der Waals surface area contributed by atoms with Crippen molar-refractivity contribution in [1.29, 1.82) is 5.26 Å². The molecule has 0 spiro atoms. The Bertz CT molecular complexity index is 463. The molecule has 0 aliphatic rings. The first kappa shape index (κ1) is 14.0. The van der Waals surface area contributed by atoms with Crippen molar-refractivity contribution in [2.45, 2.75) is 26.7 Å². The Labute approximate surface area is 115 Å². The van der Waals surface area contributed by atoms with Gasteiger partial charge in [0.2, 0.25) is 0 Å². The van der Waals surface area contributed by atoms with E-state index in [0.29, 0.717) is 12.2 Å². The van der Waals surface area contributed by atoms with Crippen LogP contribution in [0.2, 0.25) is 0 Å². The van der Waals surface area contributed by atoms with E-state index in [4.69, 9.17) is 10.00 Å². The number of carbonyl (C=O) groups is 1. The summed E-state index contributed by atoms with van der Waals surface area (Å²) >= 11 is 2.19. The summed E-state index contributed by atoms with van der Waals surface area (Å²) < 4.78 is 5.92. The Hall–Kier alpha value is -1.09. The molecule has 1 aromatic rings. The van der Waals surface area contributed by atoms with Crippen LogP contribution in [-0.4, -0.2) is 12.6 Å². The fourth-order valence-corrected chi connectivity index (χ4v) is 2.67. The summed E-state index contributed by atoms with van der Waals surface area (Å²) in [4.78, 5) is 11.4. The number of ether oxygens (including phenoxy) is 1. The minimum Gasteiger partial charge on any atom is -0.466 e. The number of benzene rings is 1. The normalized spacial score (nSPS) is 9.76. The lowest BCUT2D eigenvalue weighted by molar-refractivity contribution is -0.142. The molecule has 0 amide bonds. The third kappa shape index (κ3) is 3.43. The topological polar surface area (TPSA) is 50.1 Å². The maximum Gasteiger partial charge on any atom is 0.310 e. The van der Waals surface area contributed by atoms with Crippen molar-refractivity contribution in [2.24, 2.45) is 0 Å². The van der Waals surface area contributed by atoms with E-state index in [-0.39, 0.29) is 12.4 Å². The van der Waals surface area contributed by atoms with Crippen LogP contribution in [0.3, 0.4) is 0 Å². The molecule has 3 nitrogen and oxygen atoms in total. The molecule has 0 unspecified atom stereocenters. The van der Waals surface area contributed by atoms with Gasteiger partial charge < -0.3 is 4.74 Å². The van der Waals surface area contributed by atoms with Crippen LogP contribution in [0.1, 0.15) is 30.5 Å². The van der Waals surface area contributed by atoms with E-state index in [0.717, 1.165) is 21.1 Å². The first-order valence-electron chi connectivity index (χ1n) is 5.50. The molecule has 0 N–H and O–H groups in total. The first-order valence-corrected chi connectivity index (χ1v) is 6.57. The summed E-state index contributed by atoms with van der Waals surface area (Å²) in [5, 5.41) is 8.99. The van der Waals surface area contributed by atoms with Gasteiger partial charge in [0.05, 0.1) is 24.7 Å². The summed E-state index contributed by atoms with van der Waals surface area (Å²) in [6.45, 7) is 4.19. The van der Waals surface area contributed by atoms with Crippen molar-refractivity contribution in [1.82, 2.24) is 0 Å². The highest BCUT2D eigenvalue weighted by atomic mass is 127. The zero-order chi connectivity index (χ0) is 12.8. The highest BCUT2D eigenvalue weighted by molar-refractivity contribution is 14.1. The number of hydrogen-bond donors (Lipinski definition) is 0. The molecule has 0 radical (unpaired) electrons. The second-order valence-corrected chi connectivity index (χ2v) is 4.59. The van der Waals surface area contributed by atoms with Gasteiger partial charge in [0.15, 0.2) is 0 Å². The zero-order valence-electron chi connectivity index (χ0n) is 9.92. The fourth-order valence-electron chi connectivity index (χ4n) is 1.62. The van der Waals surface area contributed by atoms with Gasteiger partial charge in [-0.1, -0.05) is 13.0 Å². The summed E-state index contributed by atoms with van der Waals surface area (Å²) in [6, 6.07) is 5.78. The molecule has 1 aromatic carbocycles. The largest absolute Gasteiger partial charge is 0.466 e. The summed E-state index contributed by atoms with van der Waals surface area (Å²) in [5.74, 6) is -0.225. The highest BCUT2D eigenvalue weighted by Crippen LogP contribution is 2.22. The van der Waals surface area contributed by atoms with Crippen LogP contribution in [0.25, 0.3) is 0 Å². The van der Waals surface area contributed by atoms with Gasteiger partial charge in [-0.25, -0.2) is 0 Å². The van der Waals surface area contributed by atoms with Gasteiger partial charge in [-0.2, -0.15) is 5.26 Å². The second-order valence-electron chi connectivity index (χ2n) is 3.51. The van der Waals surface area contributed by atoms with Crippen molar-refractivity contribution in [2.75, 3.05) is 6.61 Å². The molecule has 0 saturated heterocycles. The van der Waals surface area contributed by atoms with Crippen LogP contribution in [0, 0.1) is 14.9 Å². The van der Waals surface area contributed by atoms with Crippen LogP contribution < -0.4 is 0 Å². The molecule has 0 aromatic heterocycles. The van der Waals surface area contributed by atoms with Crippen molar-refractivity contribution >= 4 is 28.6 Å². The van der Waals surface area contributed by atoms with E-state index in [1.165, 1.54) is 0 Å². The Morgan fingerprint density at radius 2 is 2.18 bits per heavy atom. The molecule has 0 bridgehead atoms. The molecule has 0 saturated carbocycles. The summed E-state index contributed by atoms with van der Waals surface area (Å²) in [6.07, 6.45) is 1.06. The minimum atomic E-state index is -0.225. The van der Waals surface area contributed by atoms with Crippen LogP contribution in [-0.2, 0) is 22.4 Å². The number of halogens is 1. The average molecular weight is 343 g/mol. The van der Waals surface area contributed by atoms with Crippen LogP contribution in [0.15, 0.2) is 12.1 Å². The molecule has 0 aliphatic heterocycles. The minimum absolute atomic E-state index is 0.225. The van der Waals surface area contributed by atoms with Gasteiger partial charge in [0.1, 0.15) is 0 Å². The number of carbonyl (C=O) groups excluding carboxylic acids is 1. The molecule has 4 heteroatoms. The van der Waals surface area contributed by atoms with Gasteiger partial charge in [0, 0.05) is 3.57 Å². The number of nitrogens with zero attached hydrogens (tertiary/aromatic N) is 1. The smallest absolute Gasteiger partial charge is 0.310 e. The quantitative estimate of drug-likeness (QED) is 0.624. The Morgan fingerprint density at radius 3 is 2.71 bits per heavy atom. The van der Waals surface area contributed by atoms with E-state index >= 15 is 0 Å². The molecule has 90 valence electrons. The SMILES string of the molecule is CCOC(=O)Cc1ccc(C#N)c(CC)c1I. The lowest BCUT2D eigenvalue weighted by Crippen LogP contribution is -2.10. The van der Waals surface area contributed by atoms with Gasteiger partial charge in [-0.05, 0) is 53.1 Å². The highest BCUT2D eigenvalue weighted by Gasteiger charge is 2.12. The van der Waals surface area contributed by atoms with Crippen LogP contribution in [0.4, 0.5) is 0 Å². The van der Waals surface area contributed by atoms with Crippen molar-refractivity contribution in [3.8, 4) is 6.07 Å². The lowest BCUT2D eigenvalue weighted by Gasteiger charge is -2.10. The molecule has 0 heterocycles. The zero-order valence-corrected chi connectivity index (χ0v) is 12.1. The molecule has 0 aliphatic carbocycles. The summed E-state index contributed by atoms with van der Waals surface area (Å²) in [5.41, 5.74) is 2.62. The predicted molar refractivity (Wildman–Crippen MR) is 73.6 cm³/mol. The van der Waals surface area contributed by atoms with Crippen molar-refractivity contribution in [3.05, 3.63) is 32.4 Å². The molecule has 1 rings (SSSR count). The number of nitriles is 1. The fraction of sp³-hybridized carbons (Fsp3) is 0.385. The van der Waals surface area contributed by atoms with E-state index in [1.54, 1.807) is 13.0 Å². The molecule has 17 heavy (non-hydrogen) atoms. The molecule has 0 atom stereocenters. The number of hydrogen-bond acceptors (Lipinski definition) is 3. The van der Waals surface area contributed by atoms with Gasteiger partial charge >= 0.3 is 5.97 Å².